The smallest absolute Gasteiger partial charge is 0.480 e. The van der Waals surface area contributed by atoms with Gasteiger partial charge in [0.25, 0.3) is 0 Å². The Kier molecular flexibility index (Phi) is 13.8. The predicted molar refractivity (Wildman–Crippen MR) is 131 cm³/mol. The number of hydrogen-bond acceptors (Lipinski definition) is 11. The van der Waals surface area contributed by atoms with Crippen molar-refractivity contribution in [2.75, 3.05) is 19.8 Å². The maximum atomic E-state index is 12.1. The van der Waals surface area contributed by atoms with Crippen molar-refractivity contribution in [1.82, 2.24) is 0 Å². The summed E-state index contributed by atoms with van der Waals surface area (Å²) < 4.78 is 30.1. The third-order valence-corrected chi connectivity index (χ3v) is 4.99. The zero-order valence-corrected chi connectivity index (χ0v) is 21.8. The van der Waals surface area contributed by atoms with E-state index in [1.54, 1.807) is 6.92 Å². The first-order valence-corrected chi connectivity index (χ1v) is 12.2. The molecule has 0 aliphatic rings. The minimum Gasteiger partial charge on any atom is -0.480 e. The van der Waals surface area contributed by atoms with Gasteiger partial charge in [-0.1, -0.05) is 32.8 Å². The molecule has 12 nitrogen and oxygen atoms in total. The van der Waals surface area contributed by atoms with Crippen LogP contribution in [0.25, 0.3) is 0 Å². The average molecular weight is 528 g/mol. The van der Waals surface area contributed by atoms with Crippen LogP contribution >= 0.6 is 0 Å². The first-order valence-electron chi connectivity index (χ1n) is 12.2. The van der Waals surface area contributed by atoms with E-state index in [2.05, 4.69) is 0 Å². The fourth-order valence-electron chi connectivity index (χ4n) is 3.13. The van der Waals surface area contributed by atoms with Crippen LogP contribution in [0, 0.1) is 0 Å². The average Bonchev–Trinajstić information content (AvgIpc) is 2.81. The summed E-state index contributed by atoms with van der Waals surface area (Å²) in [5.41, 5.74) is 4.66. The third kappa shape index (κ3) is 11.8. The van der Waals surface area contributed by atoms with E-state index in [0.717, 1.165) is 12.8 Å². The predicted octanol–water partition coefficient (Wildman–Crippen LogP) is 4.59. The van der Waals surface area contributed by atoms with E-state index in [4.69, 9.17) is 34.2 Å². The Morgan fingerprint density at radius 3 is 1.97 bits per heavy atom. The molecule has 0 fully saturated rings. The molecule has 1 aromatic rings. The number of hydrogen-bond donors (Lipinski definition) is 2. The van der Waals surface area contributed by atoms with Crippen molar-refractivity contribution in [3.63, 3.8) is 0 Å². The lowest BCUT2D eigenvalue weighted by atomic mass is 9.86. The van der Waals surface area contributed by atoms with Gasteiger partial charge in [-0.3, -0.25) is 4.79 Å². The molecule has 2 atom stereocenters. The second kappa shape index (κ2) is 16.3. The molecule has 208 valence electrons. The van der Waals surface area contributed by atoms with Crippen molar-refractivity contribution in [2.24, 2.45) is 5.73 Å². The number of carboxylic acids is 1. The molecular weight excluding hydrogens is 490 g/mol. The van der Waals surface area contributed by atoms with Crippen molar-refractivity contribution in [3.8, 4) is 11.5 Å². The highest BCUT2D eigenvalue weighted by Crippen LogP contribution is 2.31. The van der Waals surface area contributed by atoms with E-state index >= 15 is 0 Å². The molecule has 12 heteroatoms. The Balaban J connectivity index is 3.12. The van der Waals surface area contributed by atoms with Gasteiger partial charge in [0.05, 0.1) is 19.8 Å². The molecule has 0 amide bonds. The molecule has 0 aliphatic heterocycles. The zero-order valence-electron chi connectivity index (χ0n) is 21.8. The zero-order chi connectivity index (χ0) is 27.8. The maximum Gasteiger partial charge on any atom is 0.513 e. The van der Waals surface area contributed by atoms with Crippen LogP contribution in [-0.4, -0.2) is 61.0 Å². The van der Waals surface area contributed by atoms with Gasteiger partial charge in [0.1, 0.15) is 11.6 Å². The number of ether oxygens (including phenoxy) is 6. The topological polar surface area (TPSA) is 170 Å². The number of nitrogens with two attached hydrogens (primary N) is 1. The van der Waals surface area contributed by atoms with Gasteiger partial charge in [-0.05, 0) is 44.4 Å². The van der Waals surface area contributed by atoms with Crippen LogP contribution in [0.1, 0.15) is 65.4 Å². The minimum absolute atomic E-state index is 0.0997. The number of rotatable bonds is 15. The number of carboxylic acid groups (broad SMARTS) is 1. The van der Waals surface area contributed by atoms with Crippen LogP contribution in [0.15, 0.2) is 18.2 Å². The van der Waals surface area contributed by atoms with Crippen molar-refractivity contribution in [1.29, 1.82) is 0 Å². The molecule has 0 saturated carbocycles. The molecular formula is C25H37NO11. The highest BCUT2D eigenvalue weighted by atomic mass is 16.7. The Bertz CT molecular complexity index is 905. The molecule has 3 N–H and O–H groups in total. The minimum atomic E-state index is -1.85. The fraction of sp³-hybridized carbons (Fsp3) is 0.600. The normalized spacial score (nSPS) is 13.0. The number of aliphatic carboxylic acids is 1. The van der Waals surface area contributed by atoms with Crippen LogP contribution in [-0.2, 0) is 30.2 Å². The van der Waals surface area contributed by atoms with Crippen molar-refractivity contribution < 1.29 is 52.7 Å². The lowest BCUT2D eigenvalue weighted by Gasteiger charge is -2.28. The Morgan fingerprint density at radius 1 is 0.892 bits per heavy atom. The fourth-order valence-corrected chi connectivity index (χ4v) is 3.13. The summed E-state index contributed by atoms with van der Waals surface area (Å²) in [4.78, 5) is 47.8. The van der Waals surface area contributed by atoms with Gasteiger partial charge in [0.15, 0.2) is 11.5 Å². The molecule has 0 spiro atoms. The van der Waals surface area contributed by atoms with Gasteiger partial charge >= 0.3 is 24.4 Å². The lowest BCUT2D eigenvalue weighted by molar-refractivity contribution is -0.144. The molecule has 0 unspecified atom stereocenters. The second-order valence-corrected chi connectivity index (χ2v) is 8.34. The van der Waals surface area contributed by atoms with Gasteiger partial charge in [-0.2, -0.15) is 0 Å². The van der Waals surface area contributed by atoms with E-state index in [0.29, 0.717) is 18.4 Å². The van der Waals surface area contributed by atoms with Gasteiger partial charge in [0.2, 0.25) is 0 Å². The molecule has 0 saturated heterocycles. The largest absolute Gasteiger partial charge is 0.513 e. The monoisotopic (exact) mass is 527 g/mol. The van der Waals surface area contributed by atoms with Crippen LogP contribution in [0.4, 0.5) is 14.4 Å². The standard InChI is InChI=1S/C25H37NO11/c1-5-8-12-33-23(30)36-19-11-10-18(14-20(19)37-24(31)34-13-9-6-2)16-25(26,21(27)28)15-17(4)35-22(29)32-7-3/h10-11,14,17H,5-9,12-13,15-16,26H2,1-4H3,(H,27,28)/t17-,25+/m0/s1. The van der Waals surface area contributed by atoms with Crippen LogP contribution in [0.5, 0.6) is 11.5 Å². The summed E-state index contributed by atoms with van der Waals surface area (Å²) in [6, 6.07) is 4.11. The second-order valence-electron chi connectivity index (χ2n) is 8.34. The molecule has 0 radical (unpaired) electrons. The first kappa shape index (κ1) is 31.5. The quantitative estimate of drug-likeness (QED) is 0.141. The number of unbranched alkanes of at least 4 members (excludes halogenated alkanes) is 2. The van der Waals surface area contributed by atoms with E-state index in [1.165, 1.54) is 25.1 Å². The third-order valence-electron chi connectivity index (χ3n) is 4.99. The summed E-state index contributed by atoms with van der Waals surface area (Å²) in [7, 11) is 0. The highest BCUT2D eigenvalue weighted by molar-refractivity contribution is 5.79. The summed E-state index contributed by atoms with van der Waals surface area (Å²) in [5.74, 6) is -1.65. The van der Waals surface area contributed by atoms with E-state index in [-0.39, 0.29) is 44.2 Å². The van der Waals surface area contributed by atoms with Crippen LogP contribution in [0.2, 0.25) is 0 Å². The lowest BCUT2D eigenvalue weighted by Crippen LogP contribution is -2.52. The highest BCUT2D eigenvalue weighted by Gasteiger charge is 2.37. The molecule has 0 aliphatic carbocycles. The molecule has 1 aromatic carbocycles. The molecule has 0 bridgehead atoms. The van der Waals surface area contributed by atoms with E-state index in [9.17, 15) is 24.3 Å². The van der Waals surface area contributed by atoms with Crippen LogP contribution < -0.4 is 15.2 Å². The SMILES string of the molecule is CCCCOC(=O)Oc1ccc(C[C@](N)(C[C@H](C)OC(=O)OCC)C(=O)O)cc1OC(=O)OCCCC. The van der Waals surface area contributed by atoms with E-state index < -0.39 is 36.1 Å². The number of carbonyl (C=O) groups excluding carboxylic acids is 3. The van der Waals surface area contributed by atoms with Crippen LogP contribution in [0.3, 0.4) is 0 Å². The molecule has 0 aromatic heterocycles. The molecule has 1 rings (SSSR count). The Labute approximate surface area is 216 Å². The summed E-state index contributed by atoms with van der Waals surface area (Å²) >= 11 is 0. The van der Waals surface area contributed by atoms with Gasteiger partial charge in [0, 0.05) is 12.8 Å². The Morgan fingerprint density at radius 2 is 1.46 bits per heavy atom. The summed E-state index contributed by atoms with van der Waals surface area (Å²) in [6.07, 6.45) is -1.41. The molecule has 37 heavy (non-hydrogen) atoms. The van der Waals surface area contributed by atoms with E-state index in [1.807, 2.05) is 13.8 Å². The Hall–Kier alpha value is -3.54. The van der Waals surface area contributed by atoms with Crippen molar-refractivity contribution in [2.45, 2.75) is 77.9 Å². The van der Waals surface area contributed by atoms with Gasteiger partial charge < -0.3 is 39.3 Å². The number of benzene rings is 1. The number of carbonyl (C=O) groups is 4. The van der Waals surface area contributed by atoms with Gasteiger partial charge in [-0.25, -0.2) is 14.4 Å². The van der Waals surface area contributed by atoms with Crippen molar-refractivity contribution in [3.05, 3.63) is 23.8 Å². The summed E-state index contributed by atoms with van der Waals surface area (Å²) in [5, 5.41) is 9.80. The molecule has 0 heterocycles. The maximum absolute atomic E-state index is 12.1. The van der Waals surface area contributed by atoms with Gasteiger partial charge in [-0.15, -0.1) is 0 Å². The first-order chi connectivity index (χ1) is 17.5. The van der Waals surface area contributed by atoms with Crippen molar-refractivity contribution >= 4 is 24.4 Å². The summed E-state index contributed by atoms with van der Waals surface area (Å²) in [6.45, 7) is 7.34.